The van der Waals surface area contributed by atoms with E-state index in [0.717, 1.165) is 27.8 Å². The van der Waals surface area contributed by atoms with Crippen LogP contribution in [-0.2, 0) is 19.1 Å². The monoisotopic (exact) mass is 576 g/mol. The van der Waals surface area contributed by atoms with E-state index < -0.39 is 29.6 Å². The van der Waals surface area contributed by atoms with E-state index in [1.54, 1.807) is 25.1 Å². The van der Waals surface area contributed by atoms with Crippen molar-refractivity contribution in [2.45, 2.75) is 20.8 Å². The highest BCUT2D eigenvalue weighted by Gasteiger charge is 2.36. The van der Waals surface area contributed by atoms with Crippen LogP contribution in [0.4, 0.5) is 10.5 Å². The molecule has 1 aliphatic rings. The third kappa shape index (κ3) is 6.67. The highest BCUT2D eigenvalue weighted by atomic mass is 79.9. The van der Waals surface area contributed by atoms with Crippen LogP contribution >= 0.6 is 27.7 Å². The van der Waals surface area contributed by atoms with Gasteiger partial charge < -0.3 is 19.5 Å². The van der Waals surface area contributed by atoms with Gasteiger partial charge in [-0.05, 0) is 95.5 Å². The van der Waals surface area contributed by atoms with Crippen molar-refractivity contribution in [3.8, 4) is 11.5 Å². The van der Waals surface area contributed by atoms with Crippen LogP contribution in [0.3, 0.4) is 0 Å². The zero-order valence-electron chi connectivity index (χ0n) is 20.2. The molecule has 1 N–H and O–H groups in total. The molecule has 3 amide bonds. The average Bonchev–Trinajstić information content (AvgIpc) is 3.07. The van der Waals surface area contributed by atoms with Crippen LogP contribution in [-0.4, -0.2) is 54.8 Å². The van der Waals surface area contributed by atoms with E-state index in [-0.39, 0.29) is 18.1 Å². The van der Waals surface area contributed by atoms with Gasteiger partial charge in [-0.25, -0.2) is 4.79 Å². The normalized spacial score (nSPS) is 14.2. The maximum absolute atomic E-state index is 12.9. The number of amides is 3. The van der Waals surface area contributed by atoms with E-state index in [4.69, 9.17) is 14.2 Å². The summed E-state index contributed by atoms with van der Waals surface area (Å²) < 4.78 is 16.2. The number of thioether (sulfide) groups is 1. The number of imide groups is 1. The molecule has 1 heterocycles. The Labute approximate surface area is 221 Å². The number of rotatable bonds is 9. The number of carbonyl (C=O) groups is 4. The van der Waals surface area contributed by atoms with Crippen LogP contribution in [0.25, 0.3) is 6.08 Å². The predicted molar refractivity (Wildman–Crippen MR) is 140 cm³/mol. The van der Waals surface area contributed by atoms with E-state index in [1.165, 1.54) is 13.2 Å². The van der Waals surface area contributed by atoms with Gasteiger partial charge in [0.15, 0.2) is 18.1 Å². The lowest BCUT2D eigenvalue weighted by atomic mass is 10.1. The summed E-state index contributed by atoms with van der Waals surface area (Å²) in [6.45, 7) is 5.13. The smallest absolute Gasteiger partial charge is 0.344 e. The van der Waals surface area contributed by atoms with Gasteiger partial charge in [-0.1, -0.05) is 6.07 Å². The van der Waals surface area contributed by atoms with Crippen molar-refractivity contribution < 1.29 is 33.4 Å². The van der Waals surface area contributed by atoms with Crippen molar-refractivity contribution in [1.82, 2.24) is 4.90 Å². The summed E-state index contributed by atoms with van der Waals surface area (Å²) in [5.74, 6) is -0.969. The molecule has 0 unspecified atom stereocenters. The maximum Gasteiger partial charge on any atom is 0.344 e. The van der Waals surface area contributed by atoms with Gasteiger partial charge in [-0.2, -0.15) is 0 Å². The van der Waals surface area contributed by atoms with Crippen LogP contribution in [0, 0.1) is 13.8 Å². The first-order valence-electron chi connectivity index (χ1n) is 10.9. The molecule has 1 saturated heterocycles. The number of benzene rings is 2. The first-order valence-corrected chi connectivity index (χ1v) is 12.5. The topological polar surface area (TPSA) is 111 Å². The Morgan fingerprint density at radius 2 is 1.89 bits per heavy atom. The number of methoxy groups -OCH3 is 1. The Kier molecular flexibility index (Phi) is 9.16. The van der Waals surface area contributed by atoms with Gasteiger partial charge in [-0.15, -0.1) is 0 Å². The van der Waals surface area contributed by atoms with Crippen molar-refractivity contribution in [3.63, 3.8) is 0 Å². The van der Waals surface area contributed by atoms with Crippen LogP contribution in [0.2, 0.25) is 0 Å². The van der Waals surface area contributed by atoms with Crippen molar-refractivity contribution >= 4 is 62.5 Å². The summed E-state index contributed by atoms with van der Waals surface area (Å²) in [6, 6.07) is 8.73. The molecule has 0 aromatic heterocycles. The van der Waals surface area contributed by atoms with Gasteiger partial charge in [0, 0.05) is 5.69 Å². The number of esters is 1. The fourth-order valence-electron chi connectivity index (χ4n) is 3.25. The van der Waals surface area contributed by atoms with Gasteiger partial charge >= 0.3 is 5.97 Å². The summed E-state index contributed by atoms with van der Waals surface area (Å²) in [6.07, 6.45) is 1.52. The molecule has 1 fully saturated rings. The van der Waals surface area contributed by atoms with Gasteiger partial charge in [0.2, 0.25) is 5.91 Å². The second-order valence-corrected chi connectivity index (χ2v) is 9.59. The number of halogens is 1. The molecule has 3 rings (SSSR count). The fourth-order valence-corrected chi connectivity index (χ4v) is 4.66. The summed E-state index contributed by atoms with van der Waals surface area (Å²) >= 11 is 4.12. The highest BCUT2D eigenvalue weighted by molar-refractivity contribution is 9.10. The van der Waals surface area contributed by atoms with Crippen LogP contribution in [0.5, 0.6) is 11.5 Å². The zero-order valence-corrected chi connectivity index (χ0v) is 22.6. The van der Waals surface area contributed by atoms with Gasteiger partial charge in [0.05, 0.1) is 23.1 Å². The molecule has 0 atom stereocenters. The molecule has 11 heteroatoms. The molecule has 1 aliphatic heterocycles. The third-order valence-corrected chi connectivity index (χ3v) is 6.65. The van der Waals surface area contributed by atoms with Crippen molar-refractivity contribution in [2.75, 3.05) is 32.2 Å². The summed E-state index contributed by atoms with van der Waals surface area (Å²) in [7, 11) is 1.44. The molecule has 0 aliphatic carbocycles. The first kappa shape index (κ1) is 27.3. The predicted octanol–water partition coefficient (Wildman–Crippen LogP) is 4.69. The first-order chi connectivity index (χ1) is 17.1. The van der Waals surface area contributed by atoms with Crippen LogP contribution in [0.1, 0.15) is 23.6 Å². The van der Waals surface area contributed by atoms with Gasteiger partial charge in [-0.3, -0.25) is 19.3 Å². The van der Waals surface area contributed by atoms with E-state index in [0.29, 0.717) is 27.2 Å². The number of nitrogens with zero attached hydrogens (tertiary/aromatic N) is 1. The Morgan fingerprint density at radius 3 is 2.56 bits per heavy atom. The maximum atomic E-state index is 12.9. The molecule has 2 aromatic rings. The second kappa shape index (κ2) is 12.1. The lowest BCUT2D eigenvalue weighted by Gasteiger charge is -2.14. The van der Waals surface area contributed by atoms with E-state index in [9.17, 15) is 19.2 Å². The lowest BCUT2D eigenvalue weighted by molar-refractivity contribution is -0.145. The van der Waals surface area contributed by atoms with E-state index in [1.807, 2.05) is 26.0 Å². The minimum absolute atomic E-state index is 0.160. The van der Waals surface area contributed by atoms with Crippen LogP contribution in [0.15, 0.2) is 39.7 Å². The summed E-state index contributed by atoms with van der Waals surface area (Å²) in [4.78, 5) is 50.5. The molecule has 36 heavy (non-hydrogen) atoms. The molecule has 2 aromatic carbocycles. The minimum Gasteiger partial charge on any atom is -0.493 e. The Hall–Kier alpha value is -3.31. The molecule has 9 nitrogen and oxygen atoms in total. The molecule has 0 saturated carbocycles. The molecule has 190 valence electrons. The van der Waals surface area contributed by atoms with Gasteiger partial charge in [0.1, 0.15) is 6.54 Å². The molecular weight excluding hydrogens is 552 g/mol. The Bertz CT molecular complexity index is 1250. The largest absolute Gasteiger partial charge is 0.493 e. The molecule has 0 bridgehead atoms. The number of anilines is 1. The van der Waals surface area contributed by atoms with Crippen molar-refractivity contribution in [1.29, 1.82) is 0 Å². The van der Waals surface area contributed by atoms with E-state index in [2.05, 4.69) is 21.2 Å². The van der Waals surface area contributed by atoms with Crippen molar-refractivity contribution in [2.24, 2.45) is 0 Å². The fraction of sp³-hybridized carbons (Fsp3) is 0.280. The number of hydrogen-bond acceptors (Lipinski definition) is 8. The molecule has 0 radical (unpaired) electrons. The average molecular weight is 577 g/mol. The molecular formula is C25H25BrN2O7S. The summed E-state index contributed by atoms with van der Waals surface area (Å²) in [5, 5.41) is 2.18. The quantitative estimate of drug-likeness (QED) is 0.338. The highest BCUT2D eigenvalue weighted by Crippen LogP contribution is 2.39. The SMILES string of the molecule is CCOC(=O)COc1c(Br)cc(/C=C2/SC(=O)N(CC(=O)Nc3ccc(C)c(C)c3)C2=O)cc1OC. The Balaban J connectivity index is 1.72. The standard InChI is InChI=1S/C25H25BrN2O7S/c1-5-34-22(30)13-35-23-18(26)9-16(10-19(23)33-4)11-20-24(31)28(25(32)36-20)12-21(29)27-17-7-6-14(2)15(3)8-17/h6-11H,5,12-13H2,1-4H3,(H,27,29)/b20-11+. The third-order valence-electron chi connectivity index (χ3n) is 5.16. The number of aryl methyl sites for hydroxylation is 2. The van der Waals surface area contributed by atoms with Crippen molar-refractivity contribution in [3.05, 3.63) is 56.4 Å². The number of ether oxygens (including phenoxy) is 3. The zero-order chi connectivity index (χ0) is 26.4. The number of carbonyl (C=O) groups excluding carboxylic acids is 4. The number of hydrogen-bond donors (Lipinski definition) is 1. The minimum atomic E-state index is -0.571. The van der Waals surface area contributed by atoms with Gasteiger partial charge in [0.25, 0.3) is 11.1 Å². The van der Waals surface area contributed by atoms with Crippen LogP contribution < -0.4 is 14.8 Å². The van der Waals surface area contributed by atoms with E-state index >= 15 is 0 Å². The number of nitrogens with one attached hydrogen (secondary N) is 1. The summed E-state index contributed by atoms with van der Waals surface area (Å²) in [5.41, 5.74) is 3.24. The second-order valence-electron chi connectivity index (χ2n) is 7.74. The molecule has 0 spiro atoms. The lowest BCUT2D eigenvalue weighted by Crippen LogP contribution is -2.36. The Morgan fingerprint density at radius 1 is 1.14 bits per heavy atom.